The second kappa shape index (κ2) is 8.99. The minimum absolute atomic E-state index is 0.0187. The van der Waals surface area contributed by atoms with E-state index in [1.807, 2.05) is 18.2 Å². The number of ether oxygens (including phenoxy) is 2. The molecule has 2 heterocycles. The second-order valence-electron chi connectivity index (χ2n) is 8.80. The van der Waals surface area contributed by atoms with Gasteiger partial charge >= 0.3 is 0 Å². The van der Waals surface area contributed by atoms with Gasteiger partial charge in [-0.25, -0.2) is 0 Å². The molecule has 4 nitrogen and oxygen atoms in total. The summed E-state index contributed by atoms with van der Waals surface area (Å²) in [4.78, 5) is 6.40. The molecule has 0 amide bonds. The third-order valence-electron chi connectivity index (χ3n) is 6.72. The molecule has 4 aromatic rings. The number of hydroxylamine groups is 2. The van der Waals surface area contributed by atoms with Crippen LogP contribution in [0.2, 0.25) is 0 Å². The first-order valence-electron chi connectivity index (χ1n) is 11.6. The molecule has 0 radical (unpaired) electrons. The Balaban J connectivity index is 1.36. The fraction of sp³-hybridized carbons (Fsp3) is 0.241. The van der Waals surface area contributed by atoms with Gasteiger partial charge < -0.3 is 9.47 Å². The average Bonchev–Trinajstić information content (AvgIpc) is 3.31. The SMILES string of the molecule is c1ccc(COC[C@@H](c2ccccc2)N2OC[C@@H]3COc4ccc5ccccc5c4[C@@H]32)cc1. The molecule has 4 aromatic carbocycles. The molecule has 1 fully saturated rings. The molecule has 0 aromatic heterocycles. The first-order valence-corrected chi connectivity index (χ1v) is 11.6. The van der Waals surface area contributed by atoms with E-state index in [1.54, 1.807) is 0 Å². The number of hydrogen-bond acceptors (Lipinski definition) is 4. The third-order valence-corrected chi connectivity index (χ3v) is 6.72. The average molecular weight is 438 g/mol. The Kier molecular flexibility index (Phi) is 5.56. The lowest BCUT2D eigenvalue weighted by molar-refractivity contribution is -0.180. The Morgan fingerprint density at radius 2 is 1.58 bits per heavy atom. The predicted molar refractivity (Wildman–Crippen MR) is 129 cm³/mol. The number of hydrogen-bond donors (Lipinski definition) is 0. The van der Waals surface area contributed by atoms with Crippen LogP contribution in [0.4, 0.5) is 0 Å². The van der Waals surface area contributed by atoms with Crippen LogP contribution in [0.3, 0.4) is 0 Å². The minimum Gasteiger partial charge on any atom is -0.493 e. The molecule has 166 valence electrons. The molecule has 4 heteroatoms. The van der Waals surface area contributed by atoms with Crippen LogP contribution in [0.5, 0.6) is 5.75 Å². The molecule has 0 spiro atoms. The van der Waals surface area contributed by atoms with E-state index in [9.17, 15) is 0 Å². The van der Waals surface area contributed by atoms with Gasteiger partial charge in [-0.2, -0.15) is 5.06 Å². The summed E-state index contributed by atoms with van der Waals surface area (Å²) in [6.07, 6.45) is 0. The van der Waals surface area contributed by atoms with Gasteiger partial charge in [-0.1, -0.05) is 91.0 Å². The Morgan fingerprint density at radius 1 is 0.818 bits per heavy atom. The van der Waals surface area contributed by atoms with Crippen molar-refractivity contribution in [3.63, 3.8) is 0 Å². The molecular weight excluding hydrogens is 410 g/mol. The van der Waals surface area contributed by atoms with Crippen molar-refractivity contribution < 1.29 is 14.3 Å². The zero-order valence-electron chi connectivity index (χ0n) is 18.5. The highest BCUT2D eigenvalue weighted by Crippen LogP contribution is 2.49. The molecule has 0 N–H and O–H groups in total. The number of rotatable bonds is 6. The highest BCUT2D eigenvalue weighted by Gasteiger charge is 2.45. The van der Waals surface area contributed by atoms with Crippen LogP contribution in [0.1, 0.15) is 28.8 Å². The van der Waals surface area contributed by atoms with Gasteiger partial charge in [0.15, 0.2) is 0 Å². The summed E-state index contributed by atoms with van der Waals surface area (Å²) < 4.78 is 12.4. The first kappa shape index (κ1) is 20.4. The Morgan fingerprint density at radius 3 is 2.42 bits per heavy atom. The van der Waals surface area contributed by atoms with Gasteiger partial charge in [-0.15, -0.1) is 0 Å². The molecule has 0 aliphatic carbocycles. The normalized spacial score (nSPS) is 20.7. The first-order chi connectivity index (χ1) is 16.4. The lowest BCUT2D eigenvalue weighted by Gasteiger charge is -2.36. The lowest BCUT2D eigenvalue weighted by Crippen LogP contribution is -2.35. The van der Waals surface area contributed by atoms with E-state index in [4.69, 9.17) is 14.3 Å². The predicted octanol–water partition coefficient (Wildman–Crippen LogP) is 6.09. The summed E-state index contributed by atoms with van der Waals surface area (Å²) in [5, 5.41) is 4.64. The summed E-state index contributed by atoms with van der Waals surface area (Å²) in [7, 11) is 0. The van der Waals surface area contributed by atoms with Crippen molar-refractivity contribution in [1.29, 1.82) is 0 Å². The van der Waals surface area contributed by atoms with Crippen molar-refractivity contribution in [3.8, 4) is 5.75 Å². The highest BCUT2D eigenvalue weighted by molar-refractivity contribution is 5.88. The smallest absolute Gasteiger partial charge is 0.124 e. The summed E-state index contributed by atoms with van der Waals surface area (Å²) in [5.41, 5.74) is 3.59. The summed E-state index contributed by atoms with van der Waals surface area (Å²) >= 11 is 0. The molecule has 0 saturated carbocycles. The second-order valence-corrected chi connectivity index (χ2v) is 8.80. The molecule has 0 unspecified atom stereocenters. The van der Waals surface area contributed by atoms with E-state index in [2.05, 4.69) is 83.9 Å². The van der Waals surface area contributed by atoms with Gasteiger partial charge in [0, 0.05) is 11.5 Å². The number of fused-ring (bicyclic) bond motifs is 5. The molecule has 0 bridgehead atoms. The fourth-order valence-corrected chi connectivity index (χ4v) is 5.10. The van der Waals surface area contributed by atoms with Gasteiger partial charge in [0.1, 0.15) is 5.75 Å². The number of nitrogens with zero attached hydrogens (tertiary/aromatic N) is 1. The largest absolute Gasteiger partial charge is 0.493 e. The highest BCUT2D eigenvalue weighted by atomic mass is 16.7. The van der Waals surface area contributed by atoms with Crippen molar-refractivity contribution in [1.82, 2.24) is 5.06 Å². The van der Waals surface area contributed by atoms with Crippen molar-refractivity contribution >= 4 is 10.8 Å². The van der Waals surface area contributed by atoms with Gasteiger partial charge in [0.25, 0.3) is 0 Å². The summed E-state index contributed by atoms with van der Waals surface area (Å²) in [6, 6.07) is 33.8. The van der Waals surface area contributed by atoms with E-state index in [0.29, 0.717) is 26.4 Å². The molecule has 33 heavy (non-hydrogen) atoms. The molecule has 1 saturated heterocycles. The topological polar surface area (TPSA) is 30.9 Å². The van der Waals surface area contributed by atoms with Crippen molar-refractivity contribution in [2.24, 2.45) is 5.92 Å². The van der Waals surface area contributed by atoms with Gasteiger partial charge in [0.2, 0.25) is 0 Å². The molecule has 3 atom stereocenters. The maximum Gasteiger partial charge on any atom is 0.124 e. The van der Waals surface area contributed by atoms with Crippen LogP contribution < -0.4 is 4.74 Å². The maximum absolute atomic E-state index is 6.40. The molecule has 2 aliphatic rings. The summed E-state index contributed by atoms with van der Waals surface area (Å²) in [6.45, 7) is 2.44. The van der Waals surface area contributed by atoms with E-state index < -0.39 is 0 Å². The van der Waals surface area contributed by atoms with Crippen LogP contribution in [0, 0.1) is 5.92 Å². The Labute approximate surface area is 194 Å². The van der Waals surface area contributed by atoms with Gasteiger partial charge in [-0.3, -0.25) is 4.84 Å². The molecule has 2 aliphatic heterocycles. The van der Waals surface area contributed by atoms with Crippen LogP contribution in [0.15, 0.2) is 97.1 Å². The Bertz CT molecular complexity index is 1230. The van der Waals surface area contributed by atoms with Crippen molar-refractivity contribution in [3.05, 3.63) is 114 Å². The van der Waals surface area contributed by atoms with Crippen LogP contribution >= 0.6 is 0 Å². The van der Waals surface area contributed by atoms with E-state index in [0.717, 1.165) is 5.75 Å². The van der Waals surface area contributed by atoms with E-state index in [-0.39, 0.29) is 18.0 Å². The van der Waals surface area contributed by atoms with Crippen LogP contribution in [0.25, 0.3) is 10.8 Å². The van der Waals surface area contributed by atoms with Gasteiger partial charge in [0.05, 0.1) is 38.5 Å². The standard InChI is InChI=1S/C29H27NO3/c1-3-9-21(10-4-1)17-31-20-26(23-12-5-2-6-13-23)30-29-24(19-33-30)18-32-27-16-15-22-11-7-8-14-25(22)28(27)29/h1-16,24,26,29H,17-20H2/t24-,26-,29+/m0/s1. The lowest BCUT2D eigenvalue weighted by atomic mass is 9.87. The van der Waals surface area contributed by atoms with Crippen molar-refractivity contribution in [2.45, 2.75) is 18.7 Å². The Hall–Kier alpha value is -3.18. The van der Waals surface area contributed by atoms with Gasteiger partial charge in [-0.05, 0) is 28.0 Å². The maximum atomic E-state index is 6.40. The zero-order valence-corrected chi connectivity index (χ0v) is 18.5. The third kappa shape index (κ3) is 3.91. The monoisotopic (exact) mass is 437 g/mol. The van der Waals surface area contributed by atoms with E-state index >= 15 is 0 Å². The minimum atomic E-state index is -0.0187. The summed E-state index contributed by atoms with van der Waals surface area (Å²) in [5.74, 6) is 1.24. The van der Waals surface area contributed by atoms with Crippen LogP contribution in [-0.2, 0) is 16.2 Å². The van der Waals surface area contributed by atoms with Crippen LogP contribution in [-0.4, -0.2) is 24.9 Å². The zero-order chi connectivity index (χ0) is 22.0. The fourth-order valence-electron chi connectivity index (χ4n) is 5.10. The van der Waals surface area contributed by atoms with E-state index in [1.165, 1.54) is 27.5 Å². The quantitative estimate of drug-likeness (QED) is 0.365. The number of benzene rings is 4. The molecular formula is C29H27NO3. The molecule has 6 rings (SSSR count). The van der Waals surface area contributed by atoms with Crippen molar-refractivity contribution in [2.75, 3.05) is 19.8 Å².